The van der Waals surface area contributed by atoms with E-state index in [1.165, 1.54) is 0 Å². The molecule has 2 aromatic rings. The smallest absolute Gasteiger partial charge is 0.254 e. The van der Waals surface area contributed by atoms with Gasteiger partial charge in [-0.1, -0.05) is 23.4 Å². The third-order valence-electron chi connectivity index (χ3n) is 6.34. The zero-order valence-electron chi connectivity index (χ0n) is 17.2. The molecule has 29 heavy (non-hydrogen) atoms. The van der Waals surface area contributed by atoms with Crippen LogP contribution in [0, 0.1) is 11.3 Å². The highest BCUT2D eigenvalue weighted by Crippen LogP contribution is 2.49. The maximum Gasteiger partial charge on any atom is 0.254 e. The molecular formula is C23H27N3O3. The van der Waals surface area contributed by atoms with E-state index >= 15 is 0 Å². The molecular weight excluding hydrogens is 366 g/mol. The second kappa shape index (κ2) is 7.00. The van der Waals surface area contributed by atoms with Gasteiger partial charge in [-0.2, -0.15) is 5.26 Å². The molecule has 1 saturated heterocycles. The lowest BCUT2D eigenvalue weighted by atomic mass is 9.88. The molecule has 1 saturated carbocycles. The van der Waals surface area contributed by atoms with Crippen LogP contribution in [0.3, 0.4) is 0 Å². The van der Waals surface area contributed by atoms with Crippen LogP contribution in [0.25, 0.3) is 0 Å². The van der Waals surface area contributed by atoms with Gasteiger partial charge in [0.15, 0.2) is 0 Å². The predicted octanol–water partition coefficient (Wildman–Crippen LogP) is 3.87. The third kappa shape index (κ3) is 3.56. The highest BCUT2D eigenvalue weighted by molar-refractivity contribution is 5.96. The van der Waals surface area contributed by atoms with E-state index in [4.69, 9.17) is 4.52 Å². The second-order valence-corrected chi connectivity index (χ2v) is 8.99. The van der Waals surface area contributed by atoms with E-state index in [1.807, 2.05) is 29.2 Å². The number of nitrogens with zero attached hydrogens (tertiary/aromatic N) is 3. The number of benzene rings is 1. The zero-order valence-corrected chi connectivity index (χ0v) is 17.2. The minimum atomic E-state index is -1.06. The summed E-state index contributed by atoms with van der Waals surface area (Å²) >= 11 is 0. The average Bonchev–Trinajstić information content (AvgIpc) is 3.34. The molecule has 1 aromatic carbocycles. The predicted molar refractivity (Wildman–Crippen MR) is 107 cm³/mol. The Morgan fingerprint density at radius 1 is 1.34 bits per heavy atom. The van der Waals surface area contributed by atoms with E-state index in [1.54, 1.807) is 19.9 Å². The maximum absolute atomic E-state index is 13.5. The first-order chi connectivity index (χ1) is 13.7. The van der Waals surface area contributed by atoms with Crippen molar-refractivity contribution in [1.82, 2.24) is 10.1 Å². The molecule has 1 N–H and O–H groups in total. The summed E-state index contributed by atoms with van der Waals surface area (Å²) in [5.74, 6) is 0.717. The summed E-state index contributed by atoms with van der Waals surface area (Å²) in [7, 11) is 0. The number of aliphatic hydroxyl groups is 1. The fraction of sp³-hybridized carbons (Fsp3) is 0.522. The molecule has 1 aromatic heterocycles. The van der Waals surface area contributed by atoms with Gasteiger partial charge in [-0.3, -0.25) is 4.79 Å². The van der Waals surface area contributed by atoms with E-state index in [0.717, 1.165) is 31.2 Å². The lowest BCUT2D eigenvalue weighted by Gasteiger charge is -2.37. The fourth-order valence-corrected chi connectivity index (χ4v) is 4.20. The summed E-state index contributed by atoms with van der Waals surface area (Å²) in [6, 6.07) is 11.8. The van der Waals surface area contributed by atoms with Crippen molar-refractivity contribution >= 4 is 5.91 Å². The first kappa shape index (κ1) is 19.7. The molecule has 0 radical (unpaired) electrons. The third-order valence-corrected chi connectivity index (χ3v) is 6.34. The molecule has 152 valence electrons. The number of piperidine rings is 1. The van der Waals surface area contributed by atoms with E-state index in [9.17, 15) is 15.2 Å². The van der Waals surface area contributed by atoms with Crippen LogP contribution < -0.4 is 0 Å². The maximum atomic E-state index is 13.5. The molecule has 2 aliphatic rings. The van der Waals surface area contributed by atoms with Crippen molar-refractivity contribution < 1.29 is 14.4 Å². The number of rotatable bonds is 4. The Bertz CT molecular complexity index is 962. The Morgan fingerprint density at radius 2 is 2.07 bits per heavy atom. The largest absolute Gasteiger partial charge is 0.384 e. The quantitative estimate of drug-likeness (QED) is 0.852. The molecule has 0 spiro atoms. The standard InChI is InChI=1S/C23H27N3O3/c1-15-8-9-16(19-12-20(25-29-19)22(2,3)28)13-26(15)21(27)17-6-4-5-7-18(17)23(14-24)10-11-23/h4-7,12,15-16,28H,8-11,13H2,1-3H3/t15-,16-/m1/s1. The lowest BCUT2D eigenvalue weighted by molar-refractivity contribution is 0.0594. The number of hydrogen-bond acceptors (Lipinski definition) is 5. The first-order valence-corrected chi connectivity index (χ1v) is 10.3. The molecule has 0 unspecified atom stereocenters. The molecule has 0 bridgehead atoms. The number of aromatic nitrogens is 1. The summed E-state index contributed by atoms with van der Waals surface area (Å²) < 4.78 is 5.51. The summed E-state index contributed by atoms with van der Waals surface area (Å²) in [5.41, 5.74) is 0.421. The van der Waals surface area contributed by atoms with Gasteiger partial charge < -0.3 is 14.5 Å². The van der Waals surface area contributed by atoms with Crippen molar-refractivity contribution in [2.75, 3.05) is 6.54 Å². The van der Waals surface area contributed by atoms with Gasteiger partial charge in [-0.15, -0.1) is 0 Å². The summed E-state index contributed by atoms with van der Waals surface area (Å²) in [6.07, 6.45) is 3.38. The monoisotopic (exact) mass is 393 g/mol. The zero-order chi connectivity index (χ0) is 20.8. The molecule has 1 aliphatic carbocycles. The summed E-state index contributed by atoms with van der Waals surface area (Å²) in [5, 5.41) is 23.8. The van der Waals surface area contributed by atoms with Crippen LogP contribution in [0.2, 0.25) is 0 Å². The minimum Gasteiger partial charge on any atom is -0.384 e. The van der Waals surface area contributed by atoms with Crippen LogP contribution in [0.15, 0.2) is 34.9 Å². The van der Waals surface area contributed by atoms with E-state index < -0.39 is 11.0 Å². The number of carbonyl (C=O) groups excluding carboxylic acids is 1. The Hall–Kier alpha value is -2.65. The van der Waals surface area contributed by atoms with Crippen molar-refractivity contribution in [2.24, 2.45) is 0 Å². The first-order valence-electron chi connectivity index (χ1n) is 10.3. The summed E-state index contributed by atoms with van der Waals surface area (Å²) in [6.45, 7) is 5.95. The van der Waals surface area contributed by atoms with Gasteiger partial charge in [-0.05, 0) is 58.1 Å². The number of likely N-dealkylation sites (tertiary alicyclic amines) is 1. The number of hydrogen-bond donors (Lipinski definition) is 1. The van der Waals surface area contributed by atoms with Crippen LogP contribution in [0.5, 0.6) is 0 Å². The Labute approximate surface area is 171 Å². The topological polar surface area (TPSA) is 90.4 Å². The van der Waals surface area contributed by atoms with Crippen molar-refractivity contribution in [3.05, 3.63) is 52.9 Å². The molecule has 6 nitrogen and oxygen atoms in total. The second-order valence-electron chi connectivity index (χ2n) is 8.99. The van der Waals surface area contributed by atoms with Gasteiger partial charge in [0, 0.05) is 30.1 Å². The van der Waals surface area contributed by atoms with Gasteiger partial charge >= 0.3 is 0 Å². The van der Waals surface area contributed by atoms with Gasteiger partial charge in [0.05, 0.1) is 11.5 Å². The summed E-state index contributed by atoms with van der Waals surface area (Å²) in [4.78, 5) is 15.4. The van der Waals surface area contributed by atoms with E-state index in [2.05, 4.69) is 18.1 Å². The van der Waals surface area contributed by atoms with Gasteiger partial charge in [-0.25, -0.2) is 0 Å². The van der Waals surface area contributed by atoms with Gasteiger partial charge in [0.25, 0.3) is 5.91 Å². The minimum absolute atomic E-state index is 0.0263. The molecule has 1 aliphatic heterocycles. The van der Waals surface area contributed by atoms with Crippen molar-refractivity contribution in [1.29, 1.82) is 5.26 Å². The van der Waals surface area contributed by atoms with E-state index in [-0.39, 0.29) is 17.9 Å². The van der Waals surface area contributed by atoms with Crippen molar-refractivity contribution in [3.8, 4) is 6.07 Å². The molecule has 6 heteroatoms. The number of nitriles is 1. The van der Waals surface area contributed by atoms with Crippen LogP contribution in [-0.2, 0) is 11.0 Å². The molecule has 2 fully saturated rings. The van der Waals surface area contributed by atoms with Crippen LogP contribution in [-0.4, -0.2) is 33.7 Å². The highest BCUT2D eigenvalue weighted by atomic mass is 16.5. The van der Waals surface area contributed by atoms with Crippen molar-refractivity contribution in [3.63, 3.8) is 0 Å². The normalized spacial score (nSPS) is 23.5. The van der Waals surface area contributed by atoms with E-state index in [0.29, 0.717) is 23.6 Å². The Kier molecular flexibility index (Phi) is 4.74. The highest BCUT2D eigenvalue weighted by Gasteiger charge is 2.47. The van der Waals surface area contributed by atoms with Gasteiger partial charge in [0.2, 0.25) is 0 Å². The number of amides is 1. The van der Waals surface area contributed by atoms with Gasteiger partial charge in [0.1, 0.15) is 17.1 Å². The lowest BCUT2D eigenvalue weighted by Crippen LogP contribution is -2.45. The SMILES string of the molecule is C[C@@H]1CC[C@@H](c2cc(C(C)(C)O)no2)CN1C(=O)c1ccccc1C1(C#N)CC1. The Balaban J connectivity index is 1.59. The van der Waals surface area contributed by atoms with Crippen molar-refractivity contribution in [2.45, 2.75) is 69.4 Å². The molecule has 4 rings (SSSR count). The van der Waals surface area contributed by atoms with Crippen LogP contribution in [0.1, 0.15) is 79.7 Å². The molecule has 2 atom stereocenters. The molecule has 1 amide bonds. The van der Waals surface area contributed by atoms with Crippen LogP contribution >= 0.6 is 0 Å². The fourth-order valence-electron chi connectivity index (χ4n) is 4.20. The molecule has 2 heterocycles. The van der Waals surface area contributed by atoms with Crippen LogP contribution in [0.4, 0.5) is 0 Å². The average molecular weight is 393 g/mol. The Morgan fingerprint density at radius 3 is 2.69 bits per heavy atom. The number of carbonyl (C=O) groups is 1.